The smallest absolute Gasteiger partial charge is 0.344 e. The number of benzene rings is 1. The van der Waals surface area contributed by atoms with Crippen LogP contribution in [0.4, 0.5) is 0 Å². The minimum Gasteiger partial charge on any atom is -0.507 e. The van der Waals surface area contributed by atoms with E-state index in [2.05, 4.69) is 9.99 Å². The van der Waals surface area contributed by atoms with E-state index in [1.165, 1.54) is 12.3 Å². The Kier molecular flexibility index (Phi) is 3.49. The SMILES string of the molecule is O=C(O)CO/N=C\c1ccccc1O. The first-order chi connectivity index (χ1) is 6.70. The summed E-state index contributed by atoms with van der Waals surface area (Å²) in [6.07, 6.45) is 1.25. The molecule has 5 heteroatoms. The number of carbonyl (C=O) groups is 1. The molecule has 1 rings (SSSR count). The molecule has 1 aromatic rings. The van der Waals surface area contributed by atoms with Crippen LogP contribution in [-0.2, 0) is 9.63 Å². The number of rotatable bonds is 4. The van der Waals surface area contributed by atoms with Crippen molar-refractivity contribution < 1.29 is 19.8 Å². The van der Waals surface area contributed by atoms with Crippen molar-refractivity contribution >= 4 is 12.2 Å². The van der Waals surface area contributed by atoms with Crippen molar-refractivity contribution in [3.05, 3.63) is 29.8 Å². The highest BCUT2D eigenvalue weighted by Crippen LogP contribution is 2.12. The lowest BCUT2D eigenvalue weighted by molar-refractivity contribution is -0.142. The quantitative estimate of drug-likeness (QED) is 0.550. The summed E-state index contributed by atoms with van der Waals surface area (Å²) >= 11 is 0. The van der Waals surface area contributed by atoms with Gasteiger partial charge in [0.05, 0.1) is 6.21 Å². The van der Waals surface area contributed by atoms with E-state index in [1.807, 2.05) is 0 Å². The summed E-state index contributed by atoms with van der Waals surface area (Å²) in [5.74, 6) is -1.03. The summed E-state index contributed by atoms with van der Waals surface area (Å²) in [4.78, 5) is 14.4. The molecule has 0 saturated carbocycles. The van der Waals surface area contributed by atoms with E-state index in [0.717, 1.165) is 0 Å². The van der Waals surface area contributed by atoms with Gasteiger partial charge in [0.25, 0.3) is 0 Å². The molecule has 14 heavy (non-hydrogen) atoms. The molecule has 0 aliphatic heterocycles. The highest BCUT2D eigenvalue weighted by molar-refractivity contribution is 5.82. The summed E-state index contributed by atoms with van der Waals surface area (Å²) in [6.45, 7) is -0.496. The molecular weight excluding hydrogens is 186 g/mol. The fourth-order valence-corrected chi connectivity index (χ4v) is 0.783. The predicted octanol–water partition coefficient (Wildman–Crippen LogP) is 0.827. The molecule has 1 aromatic carbocycles. The normalized spacial score (nSPS) is 10.3. The Morgan fingerprint density at radius 2 is 2.21 bits per heavy atom. The Hall–Kier alpha value is -2.04. The van der Waals surface area contributed by atoms with E-state index in [1.54, 1.807) is 18.2 Å². The molecule has 0 aliphatic rings. The average molecular weight is 195 g/mol. The van der Waals surface area contributed by atoms with Crippen molar-refractivity contribution in [2.75, 3.05) is 6.61 Å². The van der Waals surface area contributed by atoms with Gasteiger partial charge >= 0.3 is 5.97 Å². The monoisotopic (exact) mass is 195 g/mol. The summed E-state index contributed by atoms with van der Waals surface area (Å²) in [6, 6.07) is 6.52. The molecule has 74 valence electrons. The molecule has 0 aromatic heterocycles. The summed E-state index contributed by atoms with van der Waals surface area (Å²) in [7, 11) is 0. The Morgan fingerprint density at radius 3 is 2.86 bits per heavy atom. The third kappa shape index (κ3) is 3.14. The lowest BCUT2D eigenvalue weighted by Gasteiger charge is -1.96. The van der Waals surface area contributed by atoms with Crippen LogP contribution < -0.4 is 0 Å². The van der Waals surface area contributed by atoms with Gasteiger partial charge in [-0.1, -0.05) is 17.3 Å². The number of para-hydroxylation sites is 1. The van der Waals surface area contributed by atoms with Crippen LogP contribution in [0.3, 0.4) is 0 Å². The van der Waals surface area contributed by atoms with E-state index < -0.39 is 12.6 Å². The van der Waals surface area contributed by atoms with Crippen molar-refractivity contribution in [1.29, 1.82) is 0 Å². The number of aliphatic carboxylic acids is 1. The van der Waals surface area contributed by atoms with Crippen LogP contribution in [0.5, 0.6) is 5.75 Å². The molecule has 0 atom stereocenters. The number of hydrogen-bond donors (Lipinski definition) is 2. The molecule has 0 heterocycles. The standard InChI is InChI=1S/C9H9NO4/c11-8-4-2-1-3-7(8)5-10-14-6-9(12)13/h1-5,11H,6H2,(H,12,13)/b10-5-. The molecule has 0 aliphatic carbocycles. The molecule has 0 saturated heterocycles. The Labute approximate surface area is 80.2 Å². The van der Waals surface area contributed by atoms with Gasteiger partial charge in [-0.05, 0) is 12.1 Å². The van der Waals surface area contributed by atoms with Gasteiger partial charge in [0.1, 0.15) is 5.75 Å². The van der Waals surface area contributed by atoms with Crippen LogP contribution >= 0.6 is 0 Å². The van der Waals surface area contributed by atoms with Gasteiger partial charge in [-0.2, -0.15) is 0 Å². The number of phenols is 1. The number of carboxylic acid groups (broad SMARTS) is 1. The average Bonchev–Trinajstić information content (AvgIpc) is 2.15. The van der Waals surface area contributed by atoms with Crippen LogP contribution in [0, 0.1) is 0 Å². The maximum atomic E-state index is 10.0. The minimum absolute atomic E-state index is 0.0650. The van der Waals surface area contributed by atoms with Crippen molar-refractivity contribution in [2.45, 2.75) is 0 Å². The second-order valence-electron chi connectivity index (χ2n) is 2.46. The molecular formula is C9H9NO4. The number of hydrogen-bond acceptors (Lipinski definition) is 4. The second kappa shape index (κ2) is 4.86. The molecule has 0 spiro atoms. The zero-order valence-corrected chi connectivity index (χ0v) is 7.25. The summed E-state index contributed by atoms with van der Waals surface area (Å²) < 4.78 is 0. The van der Waals surface area contributed by atoms with E-state index in [4.69, 9.17) is 5.11 Å². The van der Waals surface area contributed by atoms with Crippen LogP contribution in [0.2, 0.25) is 0 Å². The molecule has 2 N–H and O–H groups in total. The lowest BCUT2D eigenvalue weighted by Crippen LogP contribution is -2.03. The number of aromatic hydroxyl groups is 1. The van der Waals surface area contributed by atoms with Gasteiger partial charge in [-0.15, -0.1) is 0 Å². The Morgan fingerprint density at radius 1 is 1.50 bits per heavy atom. The largest absolute Gasteiger partial charge is 0.507 e. The third-order valence-corrected chi connectivity index (χ3v) is 1.39. The Balaban J connectivity index is 2.52. The Bertz CT molecular complexity index is 348. The minimum atomic E-state index is -1.10. The highest BCUT2D eigenvalue weighted by Gasteiger charge is 1.96. The highest BCUT2D eigenvalue weighted by atomic mass is 16.6. The van der Waals surface area contributed by atoms with Gasteiger partial charge in [-0.25, -0.2) is 4.79 Å². The predicted molar refractivity (Wildman–Crippen MR) is 49.3 cm³/mol. The van der Waals surface area contributed by atoms with Crippen molar-refractivity contribution in [2.24, 2.45) is 5.16 Å². The van der Waals surface area contributed by atoms with Crippen LogP contribution in [0.15, 0.2) is 29.4 Å². The topological polar surface area (TPSA) is 79.1 Å². The van der Waals surface area contributed by atoms with Crippen LogP contribution in [-0.4, -0.2) is 29.0 Å². The van der Waals surface area contributed by atoms with E-state index >= 15 is 0 Å². The van der Waals surface area contributed by atoms with Crippen LogP contribution in [0.25, 0.3) is 0 Å². The maximum Gasteiger partial charge on any atom is 0.344 e. The number of phenolic OH excluding ortho intramolecular Hbond substituents is 1. The maximum absolute atomic E-state index is 10.0. The van der Waals surface area contributed by atoms with Gasteiger partial charge in [0.15, 0.2) is 0 Å². The third-order valence-electron chi connectivity index (χ3n) is 1.39. The molecule has 0 amide bonds. The van der Waals surface area contributed by atoms with Crippen LogP contribution in [0.1, 0.15) is 5.56 Å². The zero-order valence-electron chi connectivity index (χ0n) is 7.25. The molecule has 0 unspecified atom stereocenters. The number of carboxylic acids is 1. The van der Waals surface area contributed by atoms with E-state index in [0.29, 0.717) is 5.56 Å². The summed E-state index contributed by atoms with van der Waals surface area (Å²) in [5.41, 5.74) is 0.470. The summed E-state index contributed by atoms with van der Waals surface area (Å²) in [5, 5.41) is 20.8. The van der Waals surface area contributed by atoms with Gasteiger partial charge in [0, 0.05) is 5.56 Å². The fraction of sp³-hybridized carbons (Fsp3) is 0.111. The van der Waals surface area contributed by atoms with Gasteiger partial charge < -0.3 is 15.1 Å². The molecule has 0 bridgehead atoms. The fourth-order valence-electron chi connectivity index (χ4n) is 0.783. The first-order valence-corrected chi connectivity index (χ1v) is 3.85. The molecule has 5 nitrogen and oxygen atoms in total. The van der Waals surface area contributed by atoms with Gasteiger partial charge in [0.2, 0.25) is 6.61 Å². The van der Waals surface area contributed by atoms with E-state index in [9.17, 15) is 9.90 Å². The number of nitrogens with zero attached hydrogens (tertiary/aromatic N) is 1. The van der Waals surface area contributed by atoms with E-state index in [-0.39, 0.29) is 5.75 Å². The second-order valence-corrected chi connectivity index (χ2v) is 2.46. The van der Waals surface area contributed by atoms with Gasteiger partial charge in [-0.3, -0.25) is 0 Å². The number of oxime groups is 1. The van der Waals surface area contributed by atoms with Crippen molar-refractivity contribution in [3.63, 3.8) is 0 Å². The van der Waals surface area contributed by atoms with Crippen molar-refractivity contribution in [3.8, 4) is 5.75 Å². The van der Waals surface area contributed by atoms with Crippen molar-refractivity contribution in [1.82, 2.24) is 0 Å². The lowest BCUT2D eigenvalue weighted by atomic mass is 10.2. The first-order valence-electron chi connectivity index (χ1n) is 3.85. The molecule has 0 fully saturated rings. The molecule has 0 radical (unpaired) electrons. The first kappa shape index (κ1) is 10.0. The zero-order chi connectivity index (χ0) is 10.4.